The van der Waals surface area contributed by atoms with Gasteiger partial charge in [-0.1, -0.05) is 18.1 Å². The van der Waals surface area contributed by atoms with Crippen LogP contribution in [0.3, 0.4) is 0 Å². The molecule has 0 N–H and O–H groups in total. The first-order valence-corrected chi connectivity index (χ1v) is 4.75. The van der Waals surface area contributed by atoms with E-state index >= 15 is 0 Å². The van der Waals surface area contributed by atoms with Crippen LogP contribution >= 0.6 is 0 Å². The Bertz CT molecular complexity index is 220. The Hall–Kier alpha value is -0.534. The van der Waals surface area contributed by atoms with Gasteiger partial charge in [-0.05, 0) is 38.8 Å². The van der Waals surface area contributed by atoms with Gasteiger partial charge in [-0.3, -0.25) is 0 Å². The van der Waals surface area contributed by atoms with Crippen molar-refractivity contribution in [3.8, 4) is 0 Å². The summed E-state index contributed by atoms with van der Waals surface area (Å²) in [5, 5.41) is 0. The number of allylic oxidation sites excluding steroid dienone is 4. The van der Waals surface area contributed by atoms with Crippen molar-refractivity contribution in [2.24, 2.45) is 0 Å². The normalized spacial score (nSPS) is 14.7. The second kappa shape index (κ2) is 10.0. The average Bonchev–Trinajstić information content (AvgIpc) is 2.42. The van der Waals surface area contributed by atoms with Crippen molar-refractivity contribution >= 4 is 0 Å². The molecule has 0 bridgehead atoms. The molecule has 0 saturated heterocycles. The zero-order chi connectivity index (χ0) is 11.9. The minimum absolute atomic E-state index is 0. The second-order valence-corrected chi connectivity index (χ2v) is 3.12. The SMILES string of the molecule is C=C.C=C.C[C]1C(C)=C(C)C(C)=C1C.[Co]. The molecule has 0 fully saturated rings. The standard InChI is InChI=1S/C10H15.2C2H4.Co/c1-6-7(2)9(4)10(5)8(6)3;2*1-2;/h1-5H3;2*1-2H2;. The van der Waals surface area contributed by atoms with E-state index in [1.807, 2.05) is 0 Å². The minimum Gasteiger partial charge on any atom is -0.106 e. The molecule has 0 heterocycles. The van der Waals surface area contributed by atoms with Gasteiger partial charge in [0.15, 0.2) is 0 Å². The van der Waals surface area contributed by atoms with Crippen LogP contribution in [-0.2, 0) is 16.8 Å². The molecule has 0 amide bonds. The fourth-order valence-electron chi connectivity index (χ4n) is 1.41. The van der Waals surface area contributed by atoms with Crippen LogP contribution in [0.2, 0.25) is 0 Å². The Balaban J connectivity index is -0.000000258. The van der Waals surface area contributed by atoms with Crippen LogP contribution in [0.5, 0.6) is 0 Å². The first-order chi connectivity index (χ1) is 6.55. The number of rotatable bonds is 0. The Morgan fingerprint density at radius 1 is 0.533 bits per heavy atom. The van der Waals surface area contributed by atoms with E-state index < -0.39 is 0 Å². The summed E-state index contributed by atoms with van der Waals surface area (Å²) in [5.41, 5.74) is 5.87. The first-order valence-electron chi connectivity index (χ1n) is 4.75. The Labute approximate surface area is 106 Å². The molecule has 0 saturated carbocycles. The monoisotopic (exact) mass is 250 g/mol. The summed E-state index contributed by atoms with van der Waals surface area (Å²) in [6, 6.07) is 0. The van der Waals surface area contributed by atoms with Crippen molar-refractivity contribution in [3.63, 3.8) is 0 Å². The molecule has 0 nitrogen and oxygen atoms in total. The zero-order valence-electron chi connectivity index (χ0n) is 10.7. The third-order valence-corrected chi connectivity index (χ3v) is 2.81. The van der Waals surface area contributed by atoms with Gasteiger partial charge in [-0.25, -0.2) is 0 Å². The maximum Gasteiger partial charge on any atom is 0.0226 e. The van der Waals surface area contributed by atoms with Gasteiger partial charge in [-0.15, -0.1) is 26.3 Å². The summed E-state index contributed by atoms with van der Waals surface area (Å²) in [4.78, 5) is 0. The van der Waals surface area contributed by atoms with Crippen LogP contribution < -0.4 is 0 Å². The predicted octanol–water partition coefficient (Wildman–Crippen LogP) is 4.87. The van der Waals surface area contributed by atoms with Crippen LogP contribution in [0, 0.1) is 5.92 Å². The van der Waals surface area contributed by atoms with E-state index in [0.29, 0.717) is 0 Å². The van der Waals surface area contributed by atoms with E-state index in [2.05, 4.69) is 60.9 Å². The maximum atomic E-state index is 3.00. The summed E-state index contributed by atoms with van der Waals surface area (Å²) in [6.45, 7) is 23.0. The van der Waals surface area contributed by atoms with Gasteiger partial charge in [-0.2, -0.15) is 0 Å². The van der Waals surface area contributed by atoms with Crippen molar-refractivity contribution in [3.05, 3.63) is 54.5 Å². The molecule has 0 unspecified atom stereocenters. The Morgan fingerprint density at radius 2 is 0.733 bits per heavy atom. The maximum absolute atomic E-state index is 3.00. The van der Waals surface area contributed by atoms with Crippen molar-refractivity contribution < 1.29 is 16.8 Å². The van der Waals surface area contributed by atoms with E-state index in [1.165, 1.54) is 28.2 Å². The van der Waals surface area contributed by atoms with E-state index in [-0.39, 0.29) is 16.8 Å². The van der Waals surface area contributed by atoms with Gasteiger partial charge in [0.25, 0.3) is 0 Å². The molecule has 1 heteroatoms. The minimum atomic E-state index is 0. The predicted molar refractivity (Wildman–Crippen MR) is 68.2 cm³/mol. The van der Waals surface area contributed by atoms with Crippen LogP contribution in [0.15, 0.2) is 48.6 Å². The van der Waals surface area contributed by atoms with Gasteiger partial charge in [0.2, 0.25) is 0 Å². The van der Waals surface area contributed by atoms with Gasteiger partial charge in [0, 0.05) is 22.7 Å². The third kappa shape index (κ3) is 4.67. The number of hydrogen-bond donors (Lipinski definition) is 0. The van der Waals surface area contributed by atoms with E-state index in [9.17, 15) is 0 Å². The largest absolute Gasteiger partial charge is 0.106 e. The van der Waals surface area contributed by atoms with Crippen molar-refractivity contribution in [1.82, 2.24) is 0 Å². The summed E-state index contributed by atoms with van der Waals surface area (Å²) in [7, 11) is 0. The molecule has 1 aliphatic rings. The molecule has 88 valence electrons. The summed E-state index contributed by atoms with van der Waals surface area (Å²) >= 11 is 0. The van der Waals surface area contributed by atoms with E-state index in [1.54, 1.807) is 0 Å². The summed E-state index contributed by atoms with van der Waals surface area (Å²) in [6.07, 6.45) is 0. The summed E-state index contributed by atoms with van der Waals surface area (Å²) < 4.78 is 0. The average molecular weight is 250 g/mol. The smallest absolute Gasteiger partial charge is 0.0226 e. The van der Waals surface area contributed by atoms with Gasteiger partial charge >= 0.3 is 0 Å². The quantitative estimate of drug-likeness (QED) is 0.538. The molecule has 1 aliphatic carbocycles. The molecule has 0 aliphatic heterocycles. The molecular formula is C14H23Co. The van der Waals surface area contributed by atoms with Gasteiger partial charge in [0.1, 0.15) is 0 Å². The van der Waals surface area contributed by atoms with Crippen molar-refractivity contribution in [1.29, 1.82) is 0 Å². The van der Waals surface area contributed by atoms with E-state index in [0.717, 1.165) is 0 Å². The molecule has 0 aromatic carbocycles. The van der Waals surface area contributed by atoms with Crippen LogP contribution in [0.25, 0.3) is 0 Å². The third-order valence-electron chi connectivity index (χ3n) is 2.81. The molecule has 0 aromatic rings. The van der Waals surface area contributed by atoms with Crippen LogP contribution in [-0.4, -0.2) is 0 Å². The molecule has 15 heavy (non-hydrogen) atoms. The number of hydrogen-bond acceptors (Lipinski definition) is 0. The van der Waals surface area contributed by atoms with Crippen molar-refractivity contribution in [2.75, 3.05) is 0 Å². The molecule has 0 aromatic heterocycles. The van der Waals surface area contributed by atoms with Crippen LogP contribution in [0.4, 0.5) is 0 Å². The second-order valence-electron chi connectivity index (χ2n) is 3.12. The van der Waals surface area contributed by atoms with Gasteiger partial charge in [0.05, 0.1) is 0 Å². The molecule has 0 spiro atoms. The molecule has 0 atom stereocenters. The van der Waals surface area contributed by atoms with Crippen molar-refractivity contribution in [2.45, 2.75) is 34.6 Å². The van der Waals surface area contributed by atoms with Crippen LogP contribution in [0.1, 0.15) is 34.6 Å². The fraction of sp³-hybridized carbons (Fsp3) is 0.357. The first kappa shape index (κ1) is 20.0. The molecule has 2 radical (unpaired) electrons. The fourth-order valence-corrected chi connectivity index (χ4v) is 1.41. The molecular weight excluding hydrogens is 227 g/mol. The topological polar surface area (TPSA) is 0 Å². The molecule has 1 rings (SSSR count). The summed E-state index contributed by atoms with van der Waals surface area (Å²) in [5.74, 6) is 1.47. The van der Waals surface area contributed by atoms with E-state index in [4.69, 9.17) is 0 Å². The Morgan fingerprint density at radius 3 is 0.800 bits per heavy atom. The van der Waals surface area contributed by atoms with Gasteiger partial charge < -0.3 is 0 Å². The zero-order valence-corrected chi connectivity index (χ0v) is 11.7. The Kier molecular flexibility index (Phi) is 13.3.